The van der Waals surface area contributed by atoms with E-state index in [1.165, 1.54) is 0 Å². The number of nitrogens with two attached hydrogens (primary N) is 1. The molecular weight excluding hydrogens is 238 g/mol. The summed E-state index contributed by atoms with van der Waals surface area (Å²) in [7, 11) is 0.879. The molecule has 0 aliphatic rings. The predicted molar refractivity (Wildman–Crippen MR) is 46.6 cm³/mol. The van der Waals surface area contributed by atoms with Crippen molar-refractivity contribution in [3.8, 4) is 0 Å². The summed E-state index contributed by atoms with van der Waals surface area (Å²) >= 11 is 0. The van der Waals surface area contributed by atoms with Crippen LogP contribution in [0.1, 0.15) is 12.0 Å². The Hall–Kier alpha value is -0.950. The normalized spacial score (nSPS) is 12.0. The van der Waals surface area contributed by atoms with Gasteiger partial charge in [0.2, 0.25) is 0 Å². The van der Waals surface area contributed by atoms with Crippen molar-refractivity contribution in [1.29, 1.82) is 0 Å². The maximum absolute atomic E-state index is 12.2. The molecule has 0 aliphatic heterocycles. The van der Waals surface area contributed by atoms with E-state index < -0.39 is 31.8 Å². The second kappa shape index (κ2) is 3.66. The van der Waals surface area contributed by atoms with E-state index in [-0.39, 0.29) is 0 Å². The minimum atomic E-state index is -4.05. The van der Waals surface area contributed by atoms with Crippen LogP contribution < -0.4 is 5.73 Å². The molecule has 0 atom stereocenters. The molecule has 0 spiro atoms. The number of aromatic nitrogens is 1. The van der Waals surface area contributed by atoms with Crippen LogP contribution in [0.25, 0.3) is 0 Å². The van der Waals surface area contributed by atoms with E-state index in [0.717, 1.165) is 6.20 Å². The monoisotopic (exact) mass is 242 g/mol. The molecule has 8 heteroatoms. The van der Waals surface area contributed by atoms with E-state index in [2.05, 4.69) is 4.98 Å². The summed E-state index contributed by atoms with van der Waals surface area (Å²) in [6, 6.07) is 0.704. The Morgan fingerprint density at radius 1 is 1.50 bits per heavy atom. The van der Waals surface area contributed by atoms with Crippen molar-refractivity contribution in [1.82, 2.24) is 4.98 Å². The van der Waals surface area contributed by atoms with Crippen molar-refractivity contribution >= 4 is 25.6 Å². The van der Waals surface area contributed by atoms with Gasteiger partial charge < -0.3 is 5.73 Å². The van der Waals surface area contributed by atoms with Gasteiger partial charge in [-0.05, 0) is 6.07 Å². The molecule has 1 rings (SSSR count). The lowest BCUT2D eigenvalue weighted by molar-refractivity contribution is 0.151. The van der Waals surface area contributed by atoms with Crippen molar-refractivity contribution < 1.29 is 17.2 Å². The fourth-order valence-corrected chi connectivity index (χ4v) is 1.48. The summed E-state index contributed by atoms with van der Waals surface area (Å²) in [6.45, 7) is 0. The maximum atomic E-state index is 12.2. The number of rotatable bonds is 2. The Morgan fingerprint density at radius 3 is 2.50 bits per heavy atom. The highest BCUT2D eigenvalue weighted by atomic mass is 35.7. The minimum Gasteiger partial charge on any atom is -0.383 e. The molecule has 78 valence electrons. The lowest BCUT2D eigenvalue weighted by Crippen LogP contribution is -2.01. The zero-order valence-corrected chi connectivity index (χ0v) is 8.19. The Labute approximate surface area is 83.1 Å². The molecule has 14 heavy (non-hydrogen) atoms. The second-order valence-corrected chi connectivity index (χ2v) is 4.95. The topological polar surface area (TPSA) is 73.0 Å². The first-order valence-electron chi connectivity index (χ1n) is 3.30. The lowest BCUT2D eigenvalue weighted by atomic mass is 10.3. The molecule has 0 fully saturated rings. The van der Waals surface area contributed by atoms with Crippen LogP contribution in [0.15, 0.2) is 17.2 Å². The van der Waals surface area contributed by atoms with Crippen LogP contribution in [0.2, 0.25) is 0 Å². The molecule has 1 heterocycles. The average molecular weight is 243 g/mol. The van der Waals surface area contributed by atoms with Gasteiger partial charge in [0.05, 0.1) is 5.56 Å². The smallest absolute Gasteiger partial charge is 0.267 e. The standard InChI is InChI=1S/C6H5ClF2N2O2S/c7-14(12,13)3-1-4(5(8)9)6(10)11-2-3/h1-2,5H,(H2,10,11). The van der Waals surface area contributed by atoms with Crippen molar-refractivity contribution in [2.75, 3.05) is 5.73 Å². The maximum Gasteiger partial charge on any atom is 0.267 e. The molecule has 0 bridgehead atoms. The third-order valence-electron chi connectivity index (χ3n) is 1.44. The highest BCUT2D eigenvalue weighted by Crippen LogP contribution is 2.26. The van der Waals surface area contributed by atoms with Gasteiger partial charge in [0.15, 0.2) is 0 Å². The summed E-state index contributed by atoms with van der Waals surface area (Å²) in [5.74, 6) is -0.413. The fourth-order valence-electron chi connectivity index (χ4n) is 0.780. The molecule has 1 aromatic heterocycles. The summed E-state index contributed by atoms with van der Waals surface area (Å²) in [6.07, 6.45) is -2.07. The molecule has 0 unspecified atom stereocenters. The predicted octanol–water partition coefficient (Wildman–Crippen LogP) is 1.53. The van der Waals surface area contributed by atoms with Gasteiger partial charge in [-0.3, -0.25) is 0 Å². The third-order valence-corrected chi connectivity index (χ3v) is 2.76. The highest BCUT2D eigenvalue weighted by Gasteiger charge is 2.18. The fraction of sp³-hybridized carbons (Fsp3) is 0.167. The zero-order valence-electron chi connectivity index (χ0n) is 6.62. The van der Waals surface area contributed by atoms with Crippen LogP contribution in [0.5, 0.6) is 0 Å². The van der Waals surface area contributed by atoms with Gasteiger partial charge in [0.25, 0.3) is 15.5 Å². The van der Waals surface area contributed by atoms with Gasteiger partial charge >= 0.3 is 0 Å². The van der Waals surface area contributed by atoms with E-state index >= 15 is 0 Å². The van der Waals surface area contributed by atoms with E-state index in [9.17, 15) is 17.2 Å². The summed E-state index contributed by atoms with van der Waals surface area (Å²) < 4.78 is 46.0. The first kappa shape index (κ1) is 11.1. The van der Waals surface area contributed by atoms with Crippen molar-refractivity contribution in [3.63, 3.8) is 0 Å². The number of alkyl halides is 2. The SMILES string of the molecule is Nc1ncc(S(=O)(=O)Cl)cc1C(F)F. The molecule has 0 amide bonds. The molecule has 0 saturated heterocycles. The second-order valence-electron chi connectivity index (χ2n) is 2.38. The van der Waals surface area contributed by atoms with Crippen molar-refractivity contribution in [2.45, 2.75) is 11.3 Å². The Bertz CT molecular complexity index is 449. The molecule has 2 N–H and O–H groups in total. The number of nitrogens with zero attached hydrogens (tertiary/aromatic N) is 1. The number of nitrogen functional groups attached to an aromatic ring is 1. The number of hydrogen-bond acceptors (Lipinski definition) is 4. The van der Waals surface area contributed by atoms with E-state index in [0.29, 0.717) is 6.07 Å². The summed E-state index contributed by atoms with van der Waals surface area (Å²) in [5, 5.41) is 0. The van der Waals surface area contributed by atoms with Crippen molar-refractivity contribution in [3.05, 3.63) is 17.8 Å². The van der Waals surface area contributed by atoms with Crippen molar-refractivity contribution in [2.24, 2.45) is 0 Å². The number of pyridine rings is 1. The first-order valence-corrected chi connectivity index (χ1v) is 5.61. The van der Waals surface area contributed by atoms with Crippen LogP contribution in [-0.2, 0) is 9.05 Å². The highest BCUT2D eigenvalue weighted by molar-refractivity contribution is 8.13. The molecule has 0 radical (unpaired) electrons. The van der Waals surface area contributed by atoms with E-state index in [4.69, 9.17) is 16.4 Å². The molecule has 0 aliphatic carbocycles. The molecular formula is C6H5ClF2N2O2S. The Morgan fingerprint density at radius 2 is 2.07 bits per heavy atom. The zero-order chi connectivity index (χ0) is 10.9. The van der Waals surface area contributed by atoms with Crippen LogP contribution in [-0.4, -0.2) is 13.4 Å². The van der Waals surface area contributed by atoms with Crippen LogP contribution >= 0.6 is 10.7 Å². The van der Waals surface area contributed by atoms with Gasteiger partial charge in [-0.2, -0.15) is 0 Å². The summed E-state index contributed by atoms with van der Waals surface area (Å²) in [4.78, 5) is 2.80. The number of halogens is 3. The average Bonchev–Trinajstić information content (AvgIpc) is 2.02. The van der Waals surface area contributed by atoms with Gasteiger partial charge in [0, 0.05) is 16.9 Å². The molecule has 4 nitrogen and oxygen atoms in total. The molecule has 0 aromatic carbocycles. The van der Waals surface area contributed by atoms with Gasteiger partial charge in [0.1, 0.15) is 10.7 Å². The van der Waals surface area contributed by atoms with E-state index in [1.54, 1.807) is 0 Å². The largest absolute Gasteiger partial charge is 0.383 e. The van der Waals surface area contributed by atoms with Crippen LogP contribution in [0.3, 0.4) is 0 Å². The first-order chi connectivity index (χ1) is 6.32. The summed E-state index contributed by atoms with van der Waals surface area (Å²) in [5.41, 5.74) is 4.46. The third kappa shape index (κ3) is 2.30. The van der Waals surface area contributed by atoms with Gasteiger partial charge in [-0.15, -0.1) is 0 Å². The van der Waals surface area contributed by atoms with Crippen LogP contribution in [0.4, 0.5) is 14.6 Å². The molecule has 1 aromatic rings. The Kier molecular flexibility index (Phi) is 2.91. The quantitative estimate of drug-likeness (QED) is 0.798. The number of anilines is 1. The lowest BCUT2D eigenvalue weighted by Gasteiger charge is -2.04. The Balaban J connectivity index is 3.34. The van der Waals surface area contributed by atoms with E-state index in [1.807, 2.05) is 0 Å². The minimum absolute atomic E-state index is 0.413. The van der Waals surface area contributed by atoms with Gasteiger partial charge in [-0.1, -0.05) is 0 Å². The van der Waals surface area contributed by atoms with Crippen LogP contribution in [0, 0.1) is 0 Å². The van der Waals surface area contributed by atoms with Gasteiger partial charge in [-0.25, -0.2) is 22.2 Å². The molecule has 0 saturated carbocycles. The number of hydrogen-bond donors (Lipinski definition) is 1.